The number of benzene rings is 2. The number of nitrogens with zero attached hydrogens (tertiary/aromatic N) is 2. The maximum absolute atomic E-state index is 12.6. The summed E-state index contributed by atoms with van der Waals surface area (Å²) in [7, 11) is 0. The molecule has 9 nitrogen and oxygen atoms in total. The Morgan fingerprint density at radius 3 is 1.74 bits per heavy atom. The van der Waals surface area contributed by atoms with Gasteiger partial charge >= 0.3 is 18.0 Å². The van der Waals surface area contributed by atoms with Crippen molar-refractivity contribution in [2.45, 2.75) is 108 Å². The monoisotopic (exact) mass is 593 g/mol. The maximum atomic E-state index is 12.6. The molecule has 1 unspecified atom stereocenters. The van der Waals surface area contributed by atoms with Gasteiger partial charge in [0.15, 0.2) is 0 Å². The number of nitrogens with one attached hydrogen (secondary N) is 1. The lowest BCUT2D eigenvalue weighted by Gasteiger charge is -2.33. The zero-order chi connectivity index (χ0) is 30.3. The molecule has 2 aliphatic carbocycles. The van der Waals surface area contributed by atoms with Crippen molar-refractivity contribution in [2.75, 3.05) is 13.1 Å². The van der Waals surface area contributed by atoms with E-state index in [2.05, 4.69) is 5.32 Å². The summed E-state index contributed by atoms with van der Waals surface area (Å²) >= 11 is 0. The fourth-order valence-electron chi connectivity index (χ4n) is 6.16. The Kier molecular flexibility index (Phi) is 13.3. The van der Waals surface area contributed by atoms with E-state index in [1.165, 1.54) is 69.2 Å². The van der Waals surface area contributed by atoms with Crippen molar-refractivity contribution < 1.29 is 29.0 Å². The second-order valence-corrected chi connectivity index (χ2v) is 11.7. The summed E-state index contributed by atoms with van der Waals surface area (Å²) in [6.07, 6.45) is 14.8. The van der Waals surface area contributed by atoms with E-state index in [0.29, 0.717) is 19.4 Å². The largest absolute Gasteiger partial charge is 0.480 e. The quantitative estimate of drug-likeness (QED) is 0.320. The van der Waals surface area contributed by atoms with E-state index in [4.69, 9.17) is 9.47 Å². The Morgan fingerprint density at radius 1 is 0.721 bits per heavy atom. The summed E-state index contributed by atoms with van der Waals surface area (Å²) in [6, 6.07) is 19.3. The van der Waals surface area contributed by atoms with Gasteiger partial charge in [0.2, 0.25) is 0 Å². The van der Waals surface area contributed by atoms with Crippen LogP contribution >= 0.6 is 0 Å². The Morgan fingerprint density at radius 2 is 1.23 bits per heavy atom. The van der Waals surface area contributed by atoms with Gasteiger partial charge in [-0.3, -0.25) is 9.59 Å². The molecule has 5 rings (SSSR count). The molecule has 0 bridgehead atoms. The minimum atomic E-state index is -1.20. The molecular formula is C34H47N3O6. The van der Waals surface area contributed by atoms with E-state index in [0.717, 1.165) is 28.2 Å². The van der Waals surface area contributed by atoms with E-state index in [-0.39, 0.29) is 13.2 Å². The molecule has 1 atom stereocenters. The number of carbonyl (C=O) groups excluding carboxylic acids is 2. The second kappa shape index (κ2) is 17.6. The van der Waals surface area contributed by atoms with Gasteiger partial charge in [-0.25, -0.2) is 14.8 Å². The number of carbonyl (C=O) groups is 3. The third-order valence-corrected chi connectivity index (χ3v) is 8.41. The Hall–Kier alpha value is -3.43. The lowest BCUT2D eigenvalue weighted by molar-refractivity contribution is -0.159. The number of amides is 1. The van der Waals surface area contributed by atoms with E-state index in [1.54, 1.807) is 12.1 Å². The first-order chi connectivity index (χ1) is 21.0. The van der Waals surface area contributed by atoms with Gasteiger partial charge in [-0.1, -0.05) is 99.2 Å². The van der Waals surface area contributed by atoms with Crippen LogP contribution in [-0.4, -0.2) is 64.4 Å². The minimum absolute atomic E-state index is 0.00670. The molecule has 1 heterocycles. The number of hydrazine groups is 1. The van der Waals surface area contributed by atoms with Gasteiger partial charge in [-0.2, -0.15) is 0 Å². The van der Waals surface area contributed by atoms with E-state index in [9.17, 15) is 19.5 Å². The SMILES string of the molecule is C1CCC(NC2CCCCC2)CC1.O=C(O)CN(C(=O)OCc1ccccc1)N1CCCC1C(=O)OCc1ccccc1. The highest BCUT2D eigenvalue weighted by Gasteiger charge is 2.39. The van der Waals surface area contributed by atoms with Gasteiger partial charge in [-0.05, 0) is 49.7 Å². The molecule has 2 N–H and O–H groups in total. The first-order valence-corrected chi connectivity index (χ1v) is 15.9. The van der Waals surface area contributed by atoms with Crippen molar-refractivity contribution in [1.82, 2.24) is 15.3 Å². The van der Waals surface area contributed by atoms with E-state index >= 15 is 0 Å². The summed E-state index contributed by atoms with van der Waals surface area (Å²) < 4.78 is 10.7. The van der Waals surface area contributed by atoms with Crippen LogP contribution in [0.4, 0.5) is 4.79 Å². The van der Waals surface area contributed by atoms with Gasteiger partial charge in [0.25, 0.3) is 0 Å². The molecule has 0 aromatic heterocycles. The number of hydrogen-bond donors (Lipinski definition) is 2. The van der Waals surface area contributed by atoms with Gasteiger partial charge in [-0.15, -0.1) is 0 Å². The van der Waals surface area contributed by atoms with E-state index < -0.39 is 30.6 Å². The number of aliphatic carboxylic acids is 1. The van der Waals surface area contributed by atoms with Crippen LogP contribution in [0.15, 0.2) is 60.7 Å². The van der Waals surface area contributed by atoms with Crippen LogP contribution in [0, 0.1) is 0 Å². The summed E-state index contributed by atoms with van der Waals surface area (Å²) in [6.45, 7) is -0.122. The fraction of sp³-hybridized carbons (Fsp3) is 0.559. The molecule has 1 aliphatic heterocycles. The number of carboxylic acid groups (broad SMARTS) is 1. The number of hydrogen-bond acceptors (Lipinski definition) is 7. The predicted molar refractivity (Wildman–Crippen MR) is 164 cm³/mol. The smallest absolute Gasteiger partial charge is 0.425 e. The average Bonchev–Trinajstić information content (AvgIpc) is 3.53. The number of esters is 1. The third-order valence-electron chi connectivity index (χ3n) is 8.41. The van der Waals surface area contributed by atoms with E-state index in [1.807, 2.05) is 48.5 Å². The first-order valence-electron chi connectivity index (χ1n) is 15.9. The minimum Gasteiger partial charge on any atom is -0.480 e. The van der Waals surface area contributed by atoms with Crippen LogP contribution in [0.2, 0.25) is 0 Å². The van der Waals surface area contributed by atoms with Crippen LogP contribution < -0.4 is 5.32 Å². The average molecular weight is 594 g/mol. The van der Waals surface area contributed by atoms with Crippen molar-refractivity contribution >= 4 is 18.0 Å². The third kappa shape index (κ3) is 11.0. The lowest BCUT2D eigenvalue weighted by atomic mass is 9.91. The highest BCUT2D eigenvalue weighted by molar-refractivity contribution is 5.79. The zero-order valence-corrected chi connectivity index (χ0v) is 25.2. The van der Waals surface area contributed by atoms with Gasteiger partial charge in [0, 0.05) is 18.6 Å². The highest BCUT2D eigenvalue weighted by Crippen LogP contribution is 2.24. The molecule has 1 saturated heterocycles. The maximum Gasteiger partial charge on any atom is 0.425 e. The van der Waals surface area contributed by atoms with Crippen molar-refractivity contribution in [1.29, 1.82) is 0 Å². The lowest BCUT2D eigenvalue weighted by Crippen LogP contribution is -2.53. The summed E-state index contributed by atoms with van der Waals surface area (Å²) in [5.41, 5.74) is 1.63. The Labute approximate surface area is 255 Å². The molecule has 43 heavy (non-hydrogen) atoms. The molecule has 3 fully saturated rings. The number of carboxylic acids is 1. The number of ether oxygens (including phenoxy) is 2. The zero-order valence-electron chi connectivity index (χ0n) is 25.2. The van der Waals surface area contributed by atoms with Crippen LogP contribution in [0.5, 0.6) is 0 Å². The normalized spacial score (nSPS) is 19.6. The molecule has 9 heteroatoms. The molecule has 0 radical (unpaired) electrons. The van der Waals surface area contributed by atoms with Crippen LogP contribution in [0.3, 0.4) is 0 Å². The Bertz CT molecular complexity index is 1100. The molecule has 1 amide bonds. The van der Waals surface area contributed by atoms with Crippen LogP contribution in [0.1, 0.15) is 88.2 Å². The second-order valence-electron chi connectivity index (χ2n) is 11.7. The van der Waals surface area contributed by atoms with Crippen LogP contribution in [-0.2, 0) is 32.3 Å². The fourth-order valence-corrected chi connectivity index (χ4v) is 6.16. The van der Waals surface area contributed by atoms with Crippen molar-refractivity contribution in [3.63, 3.8) is 0 Å². The summed E-state index contributed by atoms with van der Waals surface area (Å²) in [5, 5.41) is 15.5. The van der Waals surface area contributed by atoms with Crippen LogP contribution in [0.25, 0.3) is 0 Å². The molecule has 2 aromatic rings. The van der Waals surface area contributed by atoms with Gasteiger partial charge in [0.1, 0.15) is 25.8 Å². The Balaban J connectivity index is 0.000000269. The number of rotatable bonds is 10. The van der Waals surface area contributed by atoms with Gasteiger partial charge < -0.3 is 19.9 Å². The first kappa shape index (κ1) is 32.5. The molecule has 3 aliphatic rings. The topological polar surface area (TPSA) is 108 Å². The highest BCUT2D eigenvalue weighted by atomic mass is 16.6. The standard InChI is InChI=1S/C22H24N2O6.C12H23N/c25-20(26)14-24(22(28)30-16-18-10-5-2-6-11-18)23-13-7-12-19(23)21(27)29-15-17-8-3-1-4-9-17;1-3-7-11(8-4-1)13-12-9-5-2-6-10-12/h1-6,8-11,19H,7,12-16H2,(H,25,26);11-13H,1-10H2. The summed E-state index contributed by atoms with van der Waals surface area (Å²) in [4.78, 5) is 36.6. The molecule has 0 spiro atoms. The van der Waals surface area contributed by atoms with Gasteiger partial charge in [0.05, 0.1) is 0 Å². The predicted octanol–water partition coefficient (Wildman–Crippen LogP) is 6.07. The van der Waals surface area contributed by atoms with Crippen molar-refractivity contribution in [3.8, 4) is 0 Å². The molecular weight excluding hydrogens is 546 g/mol. The molecule has 2 saturated carbocycles. The van der Waals surface area contributed by atoms with Crippen molar-refractivity contribution in [3.05, 3.63) is 71.8 Å². The molecule has 234 valence electrons. The van der Waals surface area contributed by atoms with Crippen molar-refractivity contribution in [2.24, 2.45) is 0 Å². The summed E-state index contributed by atoms with van der Waals surface area (Å²) in [5.74, 6) is -1.70. The molecule has 2 aromatic carbocycles.